The third-order valence-corrected chi connectivity index (χ3v) is 2.75. The van der Waals surface area contributed by atoms with E-state index in [-0.39, 0.29) is 5.88 Å². The number of hydrogen-bond acceptors (Lipinski definition) is 2. The Balaban J connectivity index is 2.37. The molecule has 0 unspecified atom stereocenters. The maximum atomic E-state index is 12.7. The van der Waals surface area contributed by atoms with Gasteiger partial charge in [0.25, 0.3) is 0 Å². The topological polar surface area (TPSA) is 22.1 Å². The van der Waals surface area contributed by atoms with Crippen LogP contribution in [0.1, 0.15) is 11.1 Å². The monoisotopic (exact) mass is 303 g/mol. The van der Waals surface area contributed by atoms with Gasteiger partial charge >= 0.3 is 12.8 Å². The van der Waals surface area contributed by atoms with Crippen LogP contribution in [-0.2, 0) is 6.18 Å². The summed E-state index contributed by atoms with van der Waals surface area (Å²) in [4.78, 5) is 3.70. The molecule has 0 atom stereocenters. The van der Waals surface area contributed by atoms with E-state index >= 15 is 0 Å². The van der Waals surface area contributed by atoms with Gasteiger partial charge in [0.15, 0.2) is 0 Å². The Bertz CT molecular complexity index is 640. The molecule has 0 bridgehead atoms. The first-order valence-electron chi connectivity index (χ1n) is 5.86. The third-order valence-electron chi connectivity index (χ3n) is 2.75. The lowest BCUT2D eigenvalue weighted by molar-refractivity contribution is -0.137. The highest BCUT2D eigenvalue weighted by Gasteiger charge is 2.30. The van der Waals surface area contributed by atoms with Gasteiger partial charge in [-0.3, -0.25) is 0 Å². The lowest BCUT2D eigenvalue weighted by Gasteiger charge is -2.11. The smallest absolute Gasteiger partial charge is 0.416 e. The van der Waals surface area contributed by atoms with Gasteiger partial charge in [0.2, 0.25) is 5.88 Å². The summed E-state index contributed by atoms with van der Waals surface area (Å²) in [6, 6.07) is 6.14. The summed E-state index contributed by atoms with van der Waals surface area (Å²) < 4.78 is 66.4. The van der Waals surface area contributed by atoms with E-state index in [1.54, 1.807) is 0 Å². The second kappa shape index (κ2) is 5.67. The molecule has 1 aromatic heterocycles. The molecule has 1 heterocycles. The second-order valence-corrected chi connectivity index (χ2v) is 4.30. The zero-order chi connectivity index (χ0) is 15.6. The minimum absolute atomic E-state index is 0.249. The number of alkyl halides is 5. The molecule has 1 aromatic carbocycles. The molecule has 0 radical (unpaired) electrons. The lowest BCUT2D eigenvalue weighted by Crippen LogP contribution is -2.05. The van der Waals surface area contributed by atoms with Gasteiger partial charge in [0.1, 0.15) is 0 Å². The summed E-state index contributed by atoms with van der Waals surface area (Å²) >= 11 is 0. The van der Waals surface area contributed by atoms with E-state index in [1.165, 1.54) is 31.3 Å². The predicted octanol–water partition coefficient (Wildman–Crippen LogP) is 4.68. The molecule has 0 saturated heterocycles. The van der Waals surface area contributed by atoms with E-state index in [1.807, 2.05) is 0 Å². The minimum atomic E-state index is -4.45. The number of nitrogens with zero attached hydrogens (tertiary/aromatic N) is 1. The van der Waals surface area contributed by atoms with E-state index in [0.717, 1.165) is 12.1 Å². The maximum absolute atomic E-state index is 12.7. The Morgan fingerprint density at radius 2 is 1.81 bits per heavy atom. The Labute approximate surface area is 117 Å². The van der Waals surface area contributed by atoms with Crippen molar-refractivity contribution in [1.29, 1.82) is 0 Å². The molecule has 0 aliphatic carbocycles. The van der Waals surface area contributed by atoms with Crippen LogP contribution in [0.5, 0.6) is 5.88 Å². The maximum Gasteiger partial charge on any atom is 0.416 e. The zero-order valence-electron chi connectivity index (χ0n) is 10.8. The third kappa shape index (κ3) is 3.68. The molecule has 0 aliphatic rings. The van der Waals surface area contributed by atoms with E-state index in [0.29, 0.717) is 16.7 Å². The van der Waals surface area contributed by atoms with Crippen LogP contribution in [0, 0.1) is 6.92 Å². The SMILES string of the molecule is Cc1cc(-c2cccc(C(F)(F)F)c2)cnc1OC(F)F. The van der Waals surface area contributed by atoms with Crippen LogP contribution in [0.4, 0.5) is 22.0 Å². The quantitative estimate of drug-likeness (QED) is 0.768. The molecule has 21 heavy (non-hydrogen) atoms. The van der Waals surface area contributed by atoms with Crippen molar-refractivity contribution in [3.05, 3.63) is 47.7 Å². The van der Waals surface area contributed by atoms with Gasteiger partial charge in [-0.05, 0) is 30.7 Å². The largest absolute Gasteiger partial charge is 0.417 e. The highest BCUT2D eigenvalue weighted by atomic mass is 19.4. The molecule has 2 aromatic rings. The van der Waals surface area contributed by atoms with Gasteiger partial charge in [0.05, 0.1) is 5.56 Å². The van der Waals surface area contributed by atoms with Crippen molar-refractivity contribution >= 4 is 0 Å². The van der Waals surface area contributed by atoms with Crippen molar-refractivity contribution in [3.63, 3.8) is 0 Å². The minimum Gasteiger partial charge on any atom is -0.417 e. The summed E-state index contributed by atoms with van der Waals surface area (Å²) in [5.74, 6) is -0.249. The molecule has 7 heteroatoms. The number of halogens is 5. The molecule has 2 nitrogen and oxygen atoms in total. The molecule has 0 amide bonds. The first-order chi connectivity index (χ1) is 9.77. The van der Waals surface area contributed by atoms with Crippen LogP contribution in [0.25, 0.3) is 11.1 Å². The average molecular weight is 303 g/mol. The van der Waals surface area contributed by atoms with Gasteiger partial charge in [-0.1, -0.05) is 12.1 Å². The van der Waals surface area contributed by atoms with Gasteiger partial charge < -0.3 is 4.74 Å². The van der Waals surface area contributed by atoms with Gasteiger partial charge in [0, 0.05) is 17.3 Å². The van der Waals surface area contributed by atoms with Crippen LogP contribution < -0.4 is 4.74 Å². The number of rotatable bonds is 3. The Kier molecular flexibility index (Phi) is 4.11. The second-order valence-electron chi connectivity index (χ2n) is 4.30. The van der Waals surface area contributed by atoms with Crippen molar-refractivity contribution in [2.75, 3.05) is 0 Å². The molecule has 0 spiro atoms. The number of aromatic nitrogens is 1. The molecular weight excluding hydrogens is 293 g/mol. The van der Waals surface area contributed by atoms with Crippen LogP contribution in [0.2, 0.25) is 0 Å². The van der Waals surface area contributed by atoms with Crippen molar-refractivity contribution < 1.29 is 26.7 Å². The molecule has 0 fully saturated rings. The summed E-state index contributed by atoms with van der Waals surface area (Å²) in [6.45, 7) is -1.52. The molecule has 0 saturated carbocycles. The predicted molar refractivity (Wildman–Crippen MR) is 66.0 cm³/mol. The van der Waals surface area contributed by atoms with Crippen LogP contribution in [-0.4, -0.2) is 11.6 Å². The number of benzene rings is 1. The van der Waals surface area contributed by atoms with Gasteiger partial charge in [-0.2, -0.15) is 22.0 Å². The summed E-state index contributed by atoms with van der Waals surface area (Å²) in [5.41, 5.74) is 0.208. The Morgan fingerprint density at radius 3 is 2.38 bits per heavy atom. The fourth-order valence-corrected chi connectivity index (χ4v) is 1.80. The van der Waals surface area contributed by atoms with Crippen LogP contribution >= 0.6 is 0 Å². The van der Waals surface area contributed by atoms with Gasteiger partial charge in [-0.25, -0.2) is 4.98 Å². The van der Waals surface area contributed by atoms with E-state index in [9.17, 15) is 22.0 Å². The van der Waals surface area contributed by atoms with Crippen molar-refractivity contribution in [2.45, 2.75) is 19.7 Å². The first kappa shape index (κ1) is 15.2. The number of pyridine rings is 1. The normalized spacial score (nSPS) is 11.8. The molecule has 112 valence electrons. The lowest BCUT2D eigenvalue weighted by atomic mass is 10.0. The Hall–Kier alpha value is -2.18. The van der Waals surface area contributed by atoms with Crippen LogP contribution in [0.15, 0.2) is 36.5 Å². The number of aryl methyl sites for hydroxylation is 1. The molecule has 2 rings (SSSR count). The number of ether oxygens (including phenoxy) is 1. The fraction of sp³-hybridized carbons (Fsp3) is 0.214. The molecular formula is C14H10F5NO. The van der Waals surface area contributed by atoms with E-state index in [4.69, 9.17) is 0 Å². The molecule has 0 N–H and O–H groups in total. The van der Waals surface area contributed by atoms with Crippen molar-refractivity contribution in [2.24, 2.45) is 0 Å². The first-order valence-corrected chi connectivity index (χ1v) is 5.86. The van der Waals surface area contributed by atoms with Crippen molar-refractivity contribution in [3.8, 4) is 17.0 Å². The van der Waals surface area contributed by atoms with Crippen LogP contribution in [0.3, 0.4) is 0 Å². The zero-order valence-corrected chi connectivity index (χ0v) is 10.8. The average Bonchev–Trinajstić information content (AvgIpc) is 2.40. The van der Waals surface area contributed by atoms with Crippen molar-refractivity contribution in [1.82, 2.24) is 4.98 Å². The molecule has 0 aliphatic heterocycles. The Morgan fingerprint density at radius 1 is 1.10 bits per heavy atom. The van der Waals surface area contributed by atoms with Gasteiger partial charge in [-0.15, -0.1) is 0 Å². The standard InChI is InChI=1S/C14H10F5NO/c1-8-5-10(7-20-12(8)21-13(15)16)9-3-2-4-11(6-9)14(17,18)19/h2-7,13H,1H3. The summed E-state index contributed by atoms with van der Waals surface area (Å²) in [6.07, 6.45) is -3.25. The number of hydrogen-bond donors (Lipinski definition) is 0. The van der Waals surface area contributed by atoms with E-state index in [2.05, 4.69) is 9.72 Å². The van der Waals surface area contributed by atoms with E-state index < -0.39 is 18.4 Å². The summed E-state index contributed by atoms with van der Waals surface area (Å²) in [5, 5.41) is 0. The highest BCUT2D eigenvalue weighted by molar-refractivity contribution is 5.64. The highest BCUT2D eigenvalue weighted by Crippen LogP contribution is 2.32. The fourth-order valence-electron chi connectivity index (χ4n) is 1.80. The summed E-state index contributed by atoms with van der Waals surface area (Å²) in [7, 11) is 0.